The van der Waals surface area contributed by atoms with Crippen LogP contribution in [-0.2, 0) is 14.6 Å². The molecule has 1 fully saturated rings. The van der Waals surface area contributed by atoms with E-state index >= 15 is 0 Å². The van der Waals surface area contributed by atoms with E-state index in [4.69, 9.17) is 0 Å². The van der Waals surface area contributed by atoms with Gasteiger partial charge in [0.05, 0.1) is 5.75 Å². The van der Waals surface area contributed by atoms with Gasteiger partial charge in [-0.1, -0.05) is 0 Å². The summed E-state index contributed by atoms with van der Waals surface area (Å²) in [6.45, 7) is 0. The highest BCUT2D eigenvalue weighted by Crippen LogP contribution is 2.22. The maximum absolute atomic E-state index is 11.0. The van der Waals surface area contributed by atoms with Crippen molar-refractivity contribution in [1.82, 2.24) is 0 Å². The monoisotopic (exact) mass is 176 g/mol. The second-order valence-corrected chi connectivity index (χ2v) is 5.33. The standard InChI is InChI=1S/C7H12O3S/c1-11(9,10)5-6-3-2-4-7(6)8/h6H,2-5H2,1H3. The van der Waals surface area contributed by atoms with Crippen LogP contribution in [0.1, 0.15) is 19.3 Å². The molecule has 1 unspecified atom stereocenters. The Kier molecular flexibility index (Phi) is 2.32. The van der Waals surface area contributed by atoms with Crippen LogP contribution in [0.2, 0.25) is 0 Å². The van der Waals surface area contributed by atoms with Crippen molar-refractivity contribution in [3.63, 3.8) is 0 Å². The van der Waals surface area contributed by atoms with Crippen LogP contribution in [0.15, 0.2) is 0 Å². The van der Waals surface area contributed by atoms with E-state index in [1.54, 1.807) is 0 Å². The number of carbonyl (C=O) groups excluding carboxylic acids is 1. The molecule has 0 bridgehead atoms. The first-order chi connectivity index (χ1) is 4.99. The highest BCUT2D eigenvalue weighted by molar-refractivity contribution is 7.90. The topological polar surface area (TPSA) is 51.2 Å². The van der Waals surface area contributed by atoms with Crippen molar-refractivity contribution >= 4 is 15.6 Å². The number of carbonyl (C=O) groups is 1. The number of ketones is 1. The highest BCUT2D eigenvalue weighted by Gasteiger charge is 2.27. The van der Waals surface area contributed by atoms with Gasteiger partial charge in [0.2, 0.25) is 0 Å². The van der Waals surface area contributed by atoms with E-state index in [9.17, 15) is 13.2 Å². The molecule has 0 aliphatic heterocycles. The van der Waals surface area contributed by atoms with Gasteiger partial charge in [-0.05, 0) is 12.8 Å². The highest BCUT2D eigenvalue weighted by atomic mass is 32.2. The fourth-order valence-electron chi connectivity index (χ4n) is 1.43. The maximum Gasteiger partial charge on any atom is 0.148 e. The van der Waals surface area contributed by atoms with Gasteiger partial charge in [0.1, 0.15) is 15.6 Å². The number of Topliss-reactive ketones (excluding diaryl/α,β-unsaturated/α-hetero) is 1. The van der Waals surface area contributed by atoms with Gasteiger partial charge in [0, 0.05) is 18.6 Å². The zero-order chi connectivity index (χ0) is 8.48. The molecule has 0 radical (unpaired) electrons. The normalized spacial score (nSPS) is 25.9. The molecule has 0 amide bonds. The summed E-state index contributed by atoms with van der Waals surface area (Å²) in [6.07, 6.45) is 3.36. The first kappa shape index (κ1) is 8.71. The SMILES string of the molecule is CS(=O)(=O)CC1CCCC1=O. The van der Waals surface area contributed by atoms with Crippen molar-refractivity contribution in [2.24, 2.45) is 5.92 Å². The van der Waals surface area contributed by atoms with E-state index in [1.807, 2.05) is 0 Å². The van der Waals surface area contributed by atoms with Gasteiger partial charge in [0.25, 0.3) is 0 Å². The average Bonchev–Trinajstić information content (AvgIpc) is 2.12. The summed E-state index contributed by atoms with van der Waals surface area (Å²) in [5.74, 6) is -0.0355. The molecule has 0 spiro atoms. The van der Waals surface area contributed by atoms with E-state index in [1.165, 1.54) is 6.26 Å². The minimum absolute atomic E-state index is 0.0475. The van der Waals surface area contributed by atoms with Crippen molar-refractivity contribution in [3.8, 4) is 0 Å². The van der Waals surface area contributed by atoms with Crippen LogP contribution in [0.5, 0.6) is 0 Å². The molecule has 4 heteroatoms. The third kappa shape index (κ3) is 2.61. The second kappa shape index (κ2) is 2.93. The quantitative estimate of drug-likeness (QED) is 0.612. The number of hydrogen-bond donors (Lipinski definition) is 0. The third-order valence-corrected chi connectivity index (χ3v) is 2.94. The first-order valence-electron chi connectivity index (χ1n) is 3.69. The van der Waals surface area contributed by atoms with Gasteiger partial charge in [-0.2, -0.15) is 0 Å². The molecule has 1 aliphatic carbocycles. The van der Waals surface area contributed by atoms with E-state index in [2.05, 4.69) is 0 Å². The second-order valence-electron chi connectivity index (χ2n) is 3.15. The predicted octanol–water partition coefficient (Wildman–Crippen LogP) is 0.400. The van der Waals surface area contributed by atoms with Crippen molar-refractivity contribution in [3.05, 3.63) is 0 Å². The molecule has 0 aromatic carbocycles. The van der Waals surface area contributed by atoms with Gasteiger partial charge in [-0.25, -0.2) is 8.42 Å². The van der Waals surface area contributed by atoms with Gasteiger partial charge in [-0.3, -0.25) is 4.79 Å². The van der Waals surface area contributed by atoms with Gasteiger partial charge < -0.3 is 0 Å². The largest absolute Gasteiger partial charge is 0.299 e. The Morgan fingerprint density at radius 2 is 2.18 bits per heavy atom. The Morgan fingerprint density at radius 1 is 1.55 bits per heavy atom. The zero-order valence-electron chi connectivity index (χ0n) is 6.54. The smallest absolute Gasteiger partial charge is 0.148 e. The van der Waals surface area contributed by atoms with Crippen LogP contribution in [0.3, 0.4) is 0 Å². The molecule has 3 nitrogen and oxygen atoms in total. The predicted molar refractivity (Wildman–Crippen MR) is 42.1 cm³/mol. The lowest BCUT2D eigenvalue weighted by atomic mass is 10.1. The van der Waals surface area contributed by atoms with Crippen LogP contribution in [0.4, 0.5) is 0 Å². The summed E-state index contributed by atoms with van der Waals surface area (Å²) in [4.78, 5) is 11.0. The Balaban J connectivity index is 2.57. The van der Waals surface area contributed by atoms with Crippen LogP contribution in [0, 0.1) is 5.92 Å². The fourth-order valence-corrected chi connectivity index (χ4v) is 2.51. The van der Waals surface area contributed by atoms with Gasteiger partial charge in [0.15, 0.2) is 0 Å². The van der Waals surface area contributed by atoms with Crippen molar-refractivity contribution < 1.29 is 13.2 Å². The van der Waals surface area contributed by atoms with Crippen molar-refractivity contribution in [2.75, 3.05) is 12.0 Å². The Hall–Kier alpha value is -0.380. The molecule has 1 saturated carbocycles. The summed E-state index contributed by atoms with van der Waals surface area (Å²) in [6, 6.07) is 0. The summed E-state index contributed by atoms with van der Waals surface area (Å²) in [5, 5.41) is 0. The van der Waals surface area contributed by atoms with Crippen molar-refractivity contribution in [1.29, 1.82) is 0 Å². The molecule has 0 aromatic rings. The molecule has 0 aromatic heterocycles. The van der Waals surface area contributed by atoms with Crippen LogP contribution in [0.25, 0.3) is 0 Å². The lowest BCUT2D eigenvalue weighted by Crippen LogP contribution is -2.18. The fraction of sp³-hybridized carbons (Fsp3) is 0.857. The molecule has 11 heavy (non-hydrogen) atoms. The lowest BCUT2D eigenvalue weighted by Gasteiger charge is -2.03. The van der Waals surface area contributed by atoms with Crippen LogP contribution >= 0.6 is 0 Å². The van der Waals surface area contributed by atoms with E-state index in [0.717, 1.165) is 12.8 Å². The van der Waals surface area contributed by atoms with E-state index in [0.29, 0.717) is 6.42 Å². The molecular formula is C7H12O3S. The first-order valence-corrected chi connectivity index (χ1v) is 5.75. The third-order valence-electron chi connectivity index (χ3n) is 1.94. The van der Waals surface area contributed by atoms with Crippen LogP contribution < -0.4 is 0 Å². The van der Waals surface area contributed by atoms with Gasteiger partial charge in [-0.15, -0.1) is 0 Å². The number of sulfone groups is 1. The maximum atomic E-state index is 11.0. The zero-order valence-corrected chi connectivity index (χ0v) is 7.36. The number of hydrogen-bond acceptors (Lipinski definition) is 3. The van der Waals surface area contributed by atoms with Crippen molar-refractivity contribution in [2.45, 2.75) is 19.3 Å². The summed E-state index contributed by atoms with van der Waals surface area (Å²) in [5.41, 5.74) is 0. The molecule has 0 heterocycles. The average molecular weight is 176 g/mol. The number of rotatable bonds is 2. The molecule has 0 N–H and O–H groups in total. The summed E-state index contributed by atoms with van der Waals surface area (Å²) < 4.78 is 21.6. The lowest BCUT2D eigenvalue weighted by molar-refractivity contribution is -0.120. The minimum atomic E-state index is -2.96. The molecule has 64 valence electrons. The van der Waals surface area contributed by atoms with E-state index in [-0.39, 0.29) is 17.5 Å². The van der Waals surface area contributed by atoms with Gasteiger partial charge >= 0.3 is 0 Å². The Labute approximate surface area is 66.7 Å². The molecular weight excluding hydrogens is 164 g/mol. The Morgan fingerprint density at radius 3 is 2.55 bits per heavy atom. The summed E-state index contributed by atoms with van der Waals surface area (Å²) in [7, 11) is -2.96. The minimum Gasteiger partial charge on any atom is -0.299 e. The van der Waals surface area contributed by atoms with Crippen LogP contribution in [-0.4, -0.2) is 26.2 Å². The molecule has 1 aliphatic rings. The Bertz CT molecular complexity index is 253. The molecule has 1 rings (SSSR count). The molecule has 1 atom stereocenters. The van der Waals surface area contributed by atoms with E-state index < -0.39 is 9.84 Å². The summed E-state index contributed by atoms with van der Waals surface area (Å²) >= 11 is 0. The molecule has 0 saturated heterocycles.